The zero-order chi connectivity index (χ0) is 23.8. The van der Waals surface area contributed by atoms with Crippen LogP contribution in [0.15, 0.2) is 36.4 Å². The van der Waals surface area contributed by atoms with Gasteiger partial charge >= 0.3 is 6.03 Å². The number of carbonyl (C=O) groups excluding carboxylic acids is 3. The average Bonchev–Trinajstić information content (AvgIpc) is 2.94. The summed E-state index contributed by atoms with van der Waals surface area (Å²) >= 11 is 12.0. The highest BCUT2D eigenvalue weighted by atomic mass is 35.5. The van der Waals surface area contributed by atoms with E-state index < -0.39 is 36.0 Å². The van der Waals surface area contributed by atoms with Gasteiger partial charge in [0.1, 0.15) is 12.1 Å². The number of carbonyl (C=O) groups is 3. The van der Waals surface area contributed by atoms with Crippen LogP contribution in [-0.4, -0.2) is 42.5 Å². The Hall–Kier alpha value is -2.97. The van der Waals surface area contributed by atoms with Crippen LogP contribution < -0.4 is 20.1 Å². The number of hydrogen-bond acceptors (Lipinski definition) is 5. The zero-order valence-corrected chi connectivity index (χ0v) is 19.6. The molecule has 0 spiro atoms. The highest BCUT2D eigenvalue weighted by molar-refractivity contribution is 6.42. The van der Waals surface area contributed by atoms with Crippen molar-refractivity contribution in [2.45, 2.75) is 31.8 Å². The first kappa shape index (κ1) is 23.2. The summed E-state index contributed by atoms with van der Waals surface area (Å²) in [5, 5.41) is 6.26. The van der Waals surface area contributed by atoms with Crippen LogP contribution in [0.3, 0.4) is 0 Å². The molecular formula is C23H23Cl2N3O5. The Morgan fingerprint density at radius 1 is 1.12 bits per heavy atom. The molecule has 2 N–H and O–H groups in total. The van der Waals surface area contributed by atoms with E-state index in [1.165, 1.54) is 0 Å². The summed E-state index contributed by atoms with van der Waals surface area (Å²) in [6.07, 6.45) is 0.750. The summed E-state index contributed by atoms with van der Waals surface area (Å²) in [5.74, 6) is 0.0865. The fourth-order valence-electron chi connectivity index (χ4n) is 3.81. The lowest BCUT2D eigenvalue weighted by Gasteiger charge is -2.23. The maximum absolute atomic E-state index is 13.2. The van der Waals surface area contributed by atoms with Crippen LogP contribution in [0, 0.1) is 0 Å². The fourth-order valence-corrected chi connectivity index (χ4v) is 4.11. The van der Waals surface area contributed by atoms with Crippen LogP contribution >= 0.6 is 23.2 Å². The molecule has 174 valence electrons. The van der Waals surface area contributed by atoms with Gasteiger partial charge in [-0.3, -0.25) is 14.5 Å². The Labute approximate surface area is 201 Å². The molecule has 2 aliphatic rings. The first-order valence-corrected chi connectivity index (χ1v) is 11.2. The second kappa shape index (κ2) is 9.11. The van der Waals surface area contributed by atoms with Crippen molar-refractivity contribution in [3.05, 3.63) is 57.6 Å². The number of urea groups is 1. The normalized spacial score (nSPS) is 20.8. The summed E-state index contributed by atoms with van der Waals surface area (Å²) in [6.45, 7) is 3.99. The van der Waals surface area contributed by atoms with Crippen molar-refractivity contribution in [1.82, 2.24) is 15.5 Å². The van der Waals surface area contributed by atoms with Crippen molar-refractivity contribution in [3.63, 3.8) is 0 Å². The molecule has 2 aromatic carbocycles. The molecule has 33 heavy (non-hydrogen) atoms. The summed E-state index contributed by atoms with van der Waals surface area (Å²) in [4.78, 5) is 39.3. The molecular weight excluding hydrogens is 469 g/mol. The van der Waals surface area contributed by atoms with Crippen molar-refractivity contribution in [2.75, 3.05) is 19.8 Å². The Morgan fingerprint density at radius 2 is 1.85 bits per heavy atom. The molecule has 2 unspecified atom stereocenters. The Balaban J connectivity index is 1.47. The van der Waals surface area contributed by atoms with E-state index in [-0.39, 0.29) is 0 Å². The van der Waals surface area contributed by atoms with Gasteiger partial charge in [-0.05, 0) is 49.2 Å². The molecule has 0 aliphatic carbocycles. The van der Waals surface area contributed by atoms with Gasteiger partial charge < -0.3 is 20.1 Å². The van der Waals surface area contributed by atoms with Crippen LogP contribution in [0.2, 0.25) is 10.0 Å². The first-order chi connectivity index (χ1) is 15.7. The van der Waals surface area contributed by atoms with E-state index in [1.807, 2.05) is 0 Å². The van der Waals surface area contributed by atoms with Crippen LogP contribution in [0.4, 0.5) is 4.79 Å². The van der Waals surface area contributed by atoms with E-state index in [1.54, 1.807) is 50.2 Å². The van der Waals surface area contributed by atoms with E-state index in [4.69, 9.17) is 32.7 Å². The van der Waals surface area contributed by atoms with Gasteiger partial charge in [0.15, 0.2) is 11.5 Å². The van der Waals surface area contributed by atoms with Crippen LogP contribution in [0.5, 0.6) is 11.5 Å². The second-order valence-electron chi connectivity index (χ2n) is 8.12. The van der Waals surface area contributed by atoms with Crippen molar-refractivity contribution in [3.8, 4) is 11.5 Å². The zero-order valence-electron chi connectivity index (χ0n) is 18.1. The van der Waals surface area contributed by atoms with Crippen LogP contribution in [-0.2, 0) is 15.1 Å². The van der Waals surface area contributed by atoms with Gasteiger partial charge in [-0.25, -0.2) is 4.79 Å². The lowest BCUT2D eigenvalue weighted by atomic mass is 9.91. The third-order valence-electron chi connectivity index (χ3n) is 5.72. The first-order valence-electron chi connectivity index (χ1n) is 10.5. The molecule has 0 saturated carbocycles. The molecule has 0 bridgehead atoms. The van der Waals surface area contributed by atoms with Gasteiger partial charge in [-0.2, -0.15) is 0 Å². The predicted octanol–water partition coefficient (Wildman–Crippen LogP) is 3.80. The largest absolute Gasteiger partial charge is 0.490 e. The van der Waals surface area contributed by atoms with Gasteiger partial charge in [0, 0.05) is 6.42 Å². The summed E-state index contributed by atoms with van der Waals surface area (Å²) in [7, 11) is 0. The highest BCUT2D eigenvalue weighted by Gasteiger charge is 2.49. The summed E-state index contributed by atoms with van der Waals surface area (Å²) in [5.41, 5.74) is -0.0543. The Bertz CT molecular complexity index is 1130. The van der Waals surface area contributed by atoms with E-state index in [0.717, 1.165) is 16.9 Å². The van der Waals surface area contributed by atoms with Crippen molar-refractivity contribution < 1.29 is 23.9 Å². The molecule has 8 nitrogen and oxygen atoms in total. The number of rotatable bonds is 5. The Kier molecular flexibility index (Phi) is 6.41. The topological polar surface area (TPSA) is 97.0 Å². The predicted molar refractivity (Wildman–Crippen MR) is 123 cm³/mol. The smallest absolute Gasteiger partial charge is 0.325 e. The van der Waals surface area contributed by atoms with E-state index in [0.29, 0.717) is 40.3 Å². The number of benzene rings is 2. The minimum absolute atomic E-state index is 0.371. The minimum Gasteiger partial charge on any atom is -0.490 e. The molecule has 4 rings (SSSR count). The number of nitrogens with zero attached hydrogens (tertiary/aromatic N) is 1. The molecule has 4 amide bonds. The fraction of sp³-hybridized carbons (Fsp3) is 0.348. The molecule has 1 fully saturated rings. The lowest BCUT2D eigenvalue weighted by molar-refractivity contribution is -0.135. The third-order valence-corrected chi connectivity index (χ3v) is 6.46. The monoisotopic (exact) mass is 491 g/mol. The molecule has 0 radical (unpaired) electrons. The average molecular weight is 492 g/mol. The van der Waals surface area contributed by atoms with Gasteiger partial charge in [0.25, 0.3) is 5.91 Å². The SMILES string of the molecule is CC(NC(=O)CN1C(=O)NC(C)(c2ccc3c(c2)OCCCO3)C1=O)c1ccc(Cl)c(Cl)c1. The maximum Gasteiger partial charge on any atom is 0.325 e. The number of imide groups is 1. The van der Waals surface area contributed by atoms with Crippen molar-refractivity contribution >= 4 is 41.0 Å². The number of nitrogens with one attached hydrogen (secondary N) is 2. The number of ether oxygens (including phenoxy) is 2. The molecule has 10 heteroatoms. The maximum atomic E-state index is 13.2. The quantitative estimate of drug-likeness (QED) is 0.620. The van der Waals surface area contributed by atoms with Crippen molar-refractivity contribution in [2.24, 2.45) is 0 Å². The highest BCUT2D eigenvalue weighted by Crippen LogP contribution is 2.36. The van der Waals surface area contributed by atoms with Crippen LogP contribution in [0.1, 0.15) is 37.4 Å². The minimum atomic E-state index is -1.34. The molecule has 0 aromatic heterocycles. The third kappa shape index (κ3) is 4.58. The number of amides is 4. The molecule has 2 aromatic rings. The van der Waals surface area contributed by atoms with E-state index in [2.05, 4.69) is 10.6 Å². The van der Waals surface area contributed by atoms with Crippen molar-refractivity contribution in [1.29, 1.82) is 0 Å². The molecule has 1 saturated heterocycles. The van der Waals surface area contributed by atoms with Gasteiger partial charge in [-0.15, -0.1) is 0 Å². The second-order valence-corrected chi connectivity index (χ2v) is 8.94. The molecule has 2 aliphatic heterocycles. The number of fused-ring (bicyclic) bond motifs is 1. The molecule has 2 atom stereocenters. The van der Waals surface area contributed by atoms with Gasteiger partial charge in [0.05, 0.1) is 29.3 Å². The standard InChI is InChI=1S/C23H23Cl2N3O5/c1-13(14-4-6-16(24)17(25)10-14)26-20(29)12-28-21(30)23(2,27-22(28)31)15-5-7-18-19(11-15)33-9-3-8-32-18/h4-7,10-11,13H,3,8-9,12H2,1-2H3,(H,26,29)(H,27,31). The Morgan fingerprint density at radius 3 is 2.58 bits per heavy atom. The van der Waals surface area contributed by atoms with Crippen LogP contribution in [0.25, 0.3) is 0 Å². The lowest BCUT2D eigenvalue weighted by Crippen LogP contribution is -2.43. The summed E-state index contributed by atoms with van der Waals surface area (Å²) < 4.78 is 11.3. The van der Waals surface area contributed by atoms with E-state index in [9.17, 15) is 14.4 Å². The number of hydrogen-bond donors (Lipinski definition) is 2. The summed E-state index contributed by atoms with van der Waals surface area (Å²) in [6, 6.07) is 9.11. The van der Waals surface area contributed by atoms with Gasteiger partial charge in [-0.1, -0.05) is 35.3 Å². The molecule has 2 heterocycles. The van der Waals surface area contributed by atoms with Gasteiger partial charge in [0.2, 0.25) is 5.91 Å². The number of halogens is 2. The van der Waals surface area contributed by atoms with E-state index >= 15 is 0 Å².